The van der Waals surface area contributed by atoms with Crippen molar-refractivity contribution in [3.8, 4) is 23.0 Å². The van der Waals surface area contributed by atoms with Gasteiger partial charge in [-0.1, -0.05) is 117 Å². The van der Waals surface area contributed by atoms with Crippen LogP contribution in [-0.2, 0) is 38.1 Å². The van der Waals surface area contributed by atoms with Crippen molar-refractivity contribution in [2.45, 2.75) is 266 Å². The van der Waals surface area contributed by atoms with Crippen molar-refractivity contribution in [3.05, 3.63) is 119 Å². The van der Waals surface area contributed by atoms with Gasteiger partial charge in [0.05, 0.1) is 23.7 Å². The number of aromatic hydroxyl groups is 4. The maximum atomic E-state index is 13.2. The maximum absolute atomic E-state index is 13.2. The van der Waals surface area contributed by atoms with E-state index in [4.69, 9.17) is 24.1 Å². The Morgan fingerprint density at radius 2 is 0.854 bits per heavy atom. The normalized spacial score (nSPS) is 21.6. The minimum Gasteiger partial charge on any atom is -0.508 e. The minimum atomic E-state index is -0.533. The molecule has 4 N–H and O–H groups in total. The molecule has 0 amide bonds. The molecule has 4 aromatic rings. The molecule has 0 saturated heterocycles. The summed E-state index contributed by atoms with van der Waals surface area (Å²) >= 11 is 0. The standard InChI is InChI=1S/C30H44O5.C20H30O3.C17H26O3.C10H14O/c1-6-19(29(33)35-30(3,4)5)15-21(20-10-12-23(31)13-11-20)14-18(2)28(32)34-27-17-22-16-26(27)25-9-7-8-24(22)25;1-4-16(14-15(3)17-8-10-18(21)11-9-17)19(22)23-20(5-2)12-6-7-13-20;1-6-13(16(19)20-17(3,4)5)11-12(2)14-7-9-15(18)10-8-14;1-3-8(2)9-4-6-10(11)7-5-9/h10-13,18-19,21-22,24-27,31H,6-9,14-17H2,1-5H3;8-11,15-16,21H,4-7,12-14H2,1-3H3;7-10,12-13,18H,6,11H2,1-5H3;4-8,11H,3H2,1-2H3. The van der Waals surface area contributed by atoms with Crippen LogP contribution in [0.5, 0.6) is 23.0 Å². The summed E-state index contributed by atoms with van der Waals surface area (Å²) in [6.07, 6.45) is 17.8. The van der Waals surface area contributed by atoms with Crippen LogP contribution in [0, 0.1) is 47.3 Å². The molecule has 2 bridgehead atoms. The van der Waals surface area contributed by atoms with Crippen LogP contribution in [0.4, 0.5) is 0 Å². The molecule has 4 saturated carbocycles. The number of fused-ring (bicyclic) bond motifs is 5. The lowest BCUT2D eigenvalue weighted by Gasteiger charge is -2.32. The zero-order chi connectivity index (χ0) is 65.8. The molecule has 0 heterocycles. The third-order valence-electron chi connectivity index (χ3n) is 19.7. The molecule has 4 aliphatic carbocycles. The first-order chi connectivity index (χ1) is 42.0. The van der Waals surface area contributed by atoms with E-state index in [1.165, 1.54) is 44.1 Å². The van der Waals surface area contributed by atoms with Gasteiger partial charge in [0.25, 0.3) is 0 Å². The topological polar surface area (TPSA) is 186 Å². The number of rotatable bonds is 23. The van der Waals surface area contributed by atoms with Gasteiger partial charge in [0.2, 0.25) is 0 Å². The summed E-state index contributed by atoms with van der Waals surface area (Å²) in [5, 5.41) is 37.5. The van der Waals surface area contributed by atoms with Gasteiger partial charge in [0.15, 0.2) is 0 Å². The molecule has 4 fully saturated rings. The van der Waals surface area contributed by atoms with E-state index in [2.05, 4.69) is 41.5 Å². The van der Waals surface area contributed by atoms with Crippen molar-refractivity contribution in [2.75, 3.05) is 0 Å². The summed E-state index contributed by atoms with van der Waals surface area (Å²) in [4.78, 5) is 50.9. The first-order valence-electron chi connectivity index (χ1n) is 34.1. The number of hydrogen-bond acceptors (Lipinski definition) is 12. The highest BCUT2D eigenvalue weighted by Crippen LogP contribution is 2.59. The van der Waals surface area contributed by atoms with Crippen LogP contribution in [-0.4, -0.2) is 67.2 Å². The third kappa shape index (κ3) is 23.0. The Morgan fingerprint density at radius 3 is 1.26 bits per heavy atom. The Labute approximate surface area is 535 Å². The molecule has 89 heavy (non-hydrogen) atoms. The molecular formula is C77H114O12. The molecule has 4 aliphatic rings. The van der Waals surface area contributed by atoms with E-state index in [1.54, 1.807) is 48.5 Å². The molecule has 12 heteroatoms. The van der Waals surface area contributed by atoms with Crippen LogP contribution >= 0.6 is 0 Å². The number of phenols is 4. The highest BCUT2D eigenvalue weighted by molar-refractivity contribution is 5.74. The van der Waals surface area contributed by atoms with Crippen LogP contribution in [0.15, 0.2) is 97.1 Å². The molecule has 13 atom stereocenters. The monoisotopic (exact) mass is 1230 g/mol. The number of carbonyl (C=O) groups is 4. The number of ether oxygens (including phenoxy) is 4. The summed E-state index contributed by atoms with van der Waals surface area (Å²) in [7, 11) is 0. The van der Waals surface area contributed by atoms with E-state index in [0.717, 1.165) is 92.2 Å². The van der Waals surface area contributed by atoms with Crippen LogP contribution in [0.25, 0.3) is 0 Å². The highest BCUT2D eigenvalue weighted by atomic mass is 16.6. The SMILES string of the molecule is CCC(C)c1ccc(O)cc1.CCC(CC(C)c1ccc(O)cc1)C(=O)OC(C)(C)C.CCC(CC(C)c1ccc(O)cc1)C(=O)OC1(CC)CCCC1.CCC(CC(CC(C)C(=O)OC1CC2CC1C1CCCC21)c1ccc(O)cc1)C(=O)OC(C)(C)C. The van der Waals surface area contributed by atoms with Crippen LogP contribution in [0.2, 0.25) is 0 Å². The smallest absolute Gasteiger partial charge is 0.309 e. The van der Waals surface area contributed by atoms with Crippen molar-refractivity contribution >= 4 is 23.9 Å². The van der Waals surface area contributed by atoms with Crippen LogP contribution in [0.1, 0.15) is 265 Å². The molecule has 0 radical (unpaired) electrons. The summed E-state index contributed by atoms with van der Waals surface area (Å²) < 4.78 is 23.3. The van der Waals surface area contributed by atoms with Crippen LogP contribution in [0.3, 0.4) is 0 Å². The third-order valence-corrected chi connectivity index (χ3v) is 19.7. The largest absolute Gasteiger partial charge is 0.508 e. The number of benzene rings is 4. The average molecular weight is 1230 g/mol. The predicted octanol–water partition coefficient (Wildman–Crippen LogP) is 19.0. The fourth-order valence-corrected chi connectivity index (χ4v) is 14.1. The Kier molecular flexibility index (Phi) is 28.5. The maximum Gasteiger partial charge on any atom is 0.309 e. The van der Waals surface area contributed by atoms with Gasteiger partial charge in [0.1, 0.15) is 45.9 Å². The molecule has 494 valence electrons. The van der Waals surface area contributed by atoms with Crippen molar-refractivity contribution in [1.29, 1.82) is 0 Å². The summed E-state index contributed by atoms with van der Waals surface area (Å²) in [5.41, 5.74) is 3.43. The Bertz CT molecular complexity index is 2750. The van der Waals surface area contributed by atoms with E-state index in [9.17, 15) is 34.5 Å². The van der Waals surface area contributed by atoms with Gasteiger partial charge in [0, 0.05) is 0 Å². The zero-order valence-corrected chi connectivity index (χ0v) is 57.0. The zero-order valence-electron chi connectivity index (χ0n) is 57.0. The molecule has 0 aromatic heterocycles. The fourth-order valence-electron chi connectivity index (χ4n) is 14.1. The Hall–Kier alpha value is -6.04. The lowest BCUT2D eigenvalue weighted by Crippen LogP contribution is -2.34. The summed E-state index contributed by atoms with van der Waals surface area (Å²) in [5.74, 6) is 4.09. The van der Waals surface area contributed by atoms with Gasteiger partial charge in [-0.25, -0.2) is 0 Å². The fraction of sp³-hybridized carbons (Fsp3) is 0.636. The van der Waals surface area contributed by atoms with E-state index in [-0.39, 0.29) is 94.3 Å². The summed E-state index contributed by atoms with van der Waals surface area (Å²) in [6, 6.07) is 29.0. The first kappa shape index (κ1) is 73.7. The molecular weight excluding hydrogens is 1120 g/mol. The van der Waals surface area contributed by atoms with Gasteiger partial charge in [-0.3, -0.25) is 19.2 Å². The van der Waals surface area contributed by atoms with Crippen molar-refractivity contribution in [3.63, 3.8) is 0 Å². The molecule has 8 rings (SSSR count). The first-order valence-corrected chi connectivity index (χ1v) is 34.1. The lowest BCUT2D eigenvalue weighted by molar-refractivity contribution is -0.165. The highest BCUT2D eigenvalue weighted by Gasteiger charge is 2.55. The molecule has 12 nitrogen and oxygen atoms in total. The quantitative estimate of drug-likeness (QED) is 0.0407. The van der Waals surface area contributed by atoms with Gasteiger partial charge < -0.3 is 39.4 Å². The van der Waals surface area contributed by atoms with Gasteiger partial charge in [-0.15, -0.1) is 0 Å². The molecule has 4 aromatic carbocycles. The number of hydrogen-bond donors (Lipinski definition) is 4. The Balaban J connectivity index is 0.000000232. The van der Waals surface area contributed by atoms with Gasteiger partial charge in [-0.05, 0) is 269 Å². The lowest BCUT2D eigenvalue weighted by atomic mass is 9.80. The van der Waals surface area contributed by atoms with Crippen molar-refractivity contribution in [1.82, 2.24) is 0 Å². The number of carbonyl (C=O) groups excluding carboxylic acids is 4. The predicted molar refractivity (Wildman–Crippen MR) is 356 cm³/mol. The van der Waals surface area contributed by atoms with E-state index < -0.39 is 11.2 Å². The van der Waals surface area contributed by atoms with Gasteiger partial charge >= 0.3 is 23.9 Å². The van der Waals surface area contributed by atoms with E-state index in [1.807, 2.05) is 111 Å². The molecule has 0 spiro atoms. The van der Waals surface area contributed by atoms with Crippen molar-refractivity contribution < 1.29 is 58.6 Å². The molecule has 0 aliphatic heterocycles. The van der Waals surface area contributed by atoms with Crippen LogP contribution < -0.4 is 0 Å². The summed E-state index contributed by atoms with van der Waals surface area (Å²) in [6.45, 7) is 30.1. The second kappa shape index (κ2) is 34.4. The number of esters is 4. The van der Waals surface area contributed by atoms with Gasteiger partial charge in [-0.2, -0.15) is 0 Å². The Morgan fingerprint density at radius 1 is 0.461 bits per heavy atom. The van der Waals surface area contributed by atoms with E-state index in [0.29, 0.717) is 36.8 Å². The number of phenolic OH excluding ortho intramolecular Hbond substituents is 4. The average Bonchev–Trinajstić information content (AvgIpc) is 1.62. The second-order valence-electron chi connectivity index (χ2n) is 28.7. The second-order valence-corrected chi connectivity index (χ2v) is 28.7. The van der Waals surface area contributed by atoms with E-state index >= 15 is 0 Å². The minimum absolute atomic E-state index is 0.00476. The van der Waals surface area contributed by atoms with Crippen molar-refractivity contribution in [2.24, 2.45) is 47.3 Å². The molecule has 13 unspecified atom stereocenters.